The molecule has 3 heteroatoms. The third kappa shape index (κ3) is 2.88. The summed E-state index contributed by atoms with van der Waals surface area (Å²) >= 11 is 3.43. The number of carbonyl (C=O) groups is 1. The summed E-state index contributed by atoms with van der Waals surface area (Å²) in [5.41, 5.74) is 4.05. The van der Waals surface area contributed by atoms with E-state index in [-0.39, 0.29) is 5.78 Å². The minimum Gasteiger partial charge on any atom is -0.493 e. The van der Waals surface area contributed by atoms with Gasteiger partial charge in [0.15, 0.2) is 5.78 Å². The van der Waals surface area contributed by atoms with Gasteiger partial charge in [-0.1, -0.05) is 28.1 Å². The van der Waals surface area contributed by atoms with Crippen LogP contribution in [0.1, 0.15) is 40.4 Å². The smallest absolute Gasteiger partial charge is 0.196 e. The quantitative estimate of drug-likeness (QED) is 0.759. The molecule has 2 aromatic rings. The second kappa shape index (κ2) is 6.02. The predicted octanol–water partition coefficient (Wildman–Crippen LogP) is 4.57. The van der Waals surface area contributed by atoms with Crippen molar-refractivity contribution < 1.29 is 9.53 Å². The first-order chi connectivity index (χ1) is 10.2. The fourth-order valence-electron chi connectivity index (χ4n) is 2.83. The van der Waals surface area contributed by atoms with Crippen molar-refractivity contribution in [2.75, 3.05) is 6.61 Å². The maximum absolute atomic E-state index is 12.8. The van der Waals surface area contributed by atoms with Gasteiger partial charge in [-0.3, -0.25) is 4.79 Å². The molecule has 1 aliphatic rings. The van der Waals surface area contributed by atoms with Crippen molar-refractivity contribution in [1.29, 1.82) is 0 Å². The Kier molecular flexibility index (Phi) is 4.11. The van der Waals surface area contributed by atoms with Gasteiger partial charge >= 0.3 is 0 Å². The van der Waals surface area contributed by atoms with Crippen LogP contribution in [0.15, 0.2) is 40.9 Å². The third-order valence-electron chi connectivity index (χ3n) is 3.85. The minimum atomic E-state index is 0.0226. The van der Waals surface area contributed by atoms with E-state index in [0.29, 0.717) is 17.9 Å². The molecule has 0 unspecified atom stereocenters. The fourth-order valence-corrected chi connectivity index (χ4v) is 3.19. The Morgan fingerprint density at radius 1 is 1.14 bits per heavy atom. The van der Waals surface area contributed by atoms with E-state index >= 15 is 0 Å². The molecule has 0 N–H and O–H groups in total. The largest absolute Gasteiger partial charge is 0.493 e. The van der Waals surface area contributed by atoms with Gasteiger partial charge in [-0.2, -0.15) is 0 Å². The summed E-state index contributed by atoms with van der Waals surface area (Å²) in [5, 5.41) is 0. The Bertz CT molecular complexity index is 692. The normalized spacial score (nSPS) is 13.0. The topological polar surface area (TPSA) is 26.3 Å². The summed E-state index contributed by atoms with van der Waals surface area (Å²) in [6.45, 7) is 2.47. The highest BCUT2D eigenvalue weighted by atomic mass is 79.9. The molecule has 0 aromatic heterocycles. The Morgan fingerprint density at radius 3 is 2.76 bits per heavy atom. The van der Waals surface area contributed by atoms with E-state index in [4.69, 9.17) is 4.74 Å². The van der Waals surface area contributed by atoms with Gasteiger partial charge in [0.1, 0.15) is 5.75 Å². The summed E-state index contributed by atoms with van der Waals surface area (Å²) in [6, 6.07) is 11.6. The van der Waals surface area contributed by atoms with E-state index < -0.39 is 0 Å². The number of benzene rings is 2. The molecule has 2 nitrogen and oxygen atoms in total. The molecule has 0 saturated carbocycles. The summed E-state index contributed by atoms with van der Waals surface area (Å²) in [5.74, 6) is 0.667. The number of ether oxygens (including phenoxy) is 1. The van der Waals surface area contributed by atoms with Gasteiger partial charge in [0.2, 0.25) is 0 Å². The van der Waals surface area contributed by atoms with Crippen molar-refractivity contribution in [3.05, 3.63) is 63.1 Å². The Hall–Kier alpha value is -1.61. The van der Waals surface area contributed by atoms with Crippen LogP contribution in [-0.2, 0) is 12.8 Å². The number of hydrogen-bond acceptors (Lipinski definition) is 2. The van der Waals surface area contributed by atoms with Crippen molar-refractivity contribution in [3.63, 3.8) is 0 Å². The lowest BCUT2D eigenvalue weighted by Gasteiger charge is -2.11. The van der Waals surface area contributed by atoms with Crippen LogP contribution in [0, 0.1) is 0 Å². The number of hydrogen-bond donors (Lipinski definition) is 0. The second-order valence-corrected chi connectivity index (χ2v) is 6.16. The van der Waals surface area contributed by atoms with Crippen molar-refractivity contribution >= 4 is 21.7 Å². The molecule has 0 aliphatic heterocycles. The molecule has 3 rings (SSSR count). The maximum atomic E-state index is 12.8. The molecule has 0 fully saturated rings. The Labute approximate surface area is 133 Å². The lowest BCUT2D eigenvalue weighted by Crippen LogP contribution is -2.06. The van der Waals surface area contributed by atoms with Gasteiger partial charge < -0.3 is 4.74 Å². The molecule has 0 spiro atoms. The summed E-state index contributed by atoms with van der Waals surface area (Å²) in [6.07, 6.45) is 3.40. The molecule has 1 aliphatic carbocycles. The first-order valence-corrected chi connectivity index (χ1v) is 8.07. The van der Waals surface area contributed by atoms with E-state index in [1.807, 2.05) is 37.3 Å². The molecule has 108 valence electrons. The average molecular weight is 345 g/mol. The Balaban J connectivity index is 2.00. The number of ketones is 1. The average Bonchev–Trinajstić information content (AvgIpc) is 2.96. The summed E-state index contributed by atoms with van der Waals surface area (Å²) in [4.78, 5) is 12.8. The highest BCUT2D eigenvalue weighted by molar-refractivity contribution is 9.10. The molecular formula is C18H17BrO2. The molecular weight excluding hydrogens is 328 g/mol. The molecule has 0 radical (unpaired) electrons. The van der Waals surface area contributed by atoms with Crippen LogP contribution in [0.3, 0.4) is 0 Å². The van der Waals surface area contributed by atoms with Crippen LogP contribution in [0.2, 0.25) is 0 Å². The third-order valence-corrected chi connectivity index (χ3v) is 4.34. The van der Waals surface area contributed by atoms with Crippen molar-refractivity contribution in [3.8, 4) is 5.75 Å². The minimum absolute atomic E-state index is 0.0226. The molecule has 0 bridgehead atoms. The first-order valence-electron chi connectivity index (χ1n) is 7.28. The highest BCUT2D eigenvalue weighted by Gasteiger charge is 2.18. The summed E-state index contributed by atoms with van der Waals surface area (Å²) < 4.78 is 6.47. The fraction of sp³-hybridized carbons (Fsp3) is 0.278. The van der Waals surface area contributed by atoms with Crippen molar-refractivity contribution in [2.24, 2.45) is 0 Å². The van der Waals surface area contributed by atoms with Crippen LogP contribution in [0.4, 0.5) is 0 Å². The van der Waals surface area contributed by atoms with Crippen LogP contribution < -0.4 is 4.74 Å². The predicted molar refractivity (Wildman–Crippen MR) is 87.2 cm³/mol. The lowest BCUT2D eigenvalue weighted by molar-refractivity contribution is 0.103. The van der Waals surface area contributed by atoms with Gasteiger partial charge in [-0.05, 0) is 61.6 Å². The SMILES string of the molecule is CCOc1ccc(Br)cc1C(=O)c1ccc2c(c1)CCC2. The standard InChI is InChI=1S/C18H17BrO2/c1-2-21-17-9-8-15(19)11-16(17)18(20)14-7-6-12-4-3-5-13(12)10-14/h6-11H,2-5H2,1H3. The second-order valence-electron chi connectivity index (χ2n) is 5.24. The number of fused-ring (bicyclic) bond motifs is 1. The van der Waals surface area contributed by atoms with E-state index in [1.54, 1.807) is 0 Å². The lowest BCUT2D eigenvalue weighted by atomic mass is 9.99. The van der Waals surface area contributed by atoms with Crippen LogP contribution in [0.5, 0.6) is 5.75 Å². The van der Waals surface area contributed by atoms with Gasteiger partial charge in [0, 0.05) is 10.0 Å². The number of carbonyl (C=O) groups excluding carboxylic acids is 1. The molecule has 0 heterocycles. The van der Waals surface area contributed by atoms with E-state index in [0.717, 1.165) is 22.9 Å². The summed E-state index contributed by atoms with van der Waals surface area (Å²) in [7, 11) is 0. The molecule has 0 saturated heterocycles. The van der Waals surface area contributed by atoms with E-state index in [2.05, 4.69) is 22.0 Å². The van der Waals surface area contributed by atoms with Crippen molar-refractivity contribution in [1.82, 2.24) is 0 Å². The van der Waals surface area contributed by atoms with Gasteiger partial charge in [-0.25, -0.2) is 0 Å². The molecule has 21 heavy (non-hydrogen) atoms. The van der Waals surface area contributed by atoms with Gasteiger partial charge in [0.05, 0.1) is 12.2 Å². The molecule has 0 amide bonds. The van der Waals surface area contributed by atoms with Crippen molar-refractivity contribution in [2.45, 2.75) is 26.2 Å². The molecule has 0 atom stereocenters. The Morgan fingerprint density at radius 2 is 1.95 bits per heavy atom. The monoisotopic (exact) mass is 344 g/mol. The van der Waals surface area contributed by atoms with Crippen LogP contribution in [0.25, 0.3) is 0 Å². The van der Waals surface area contributed by atoms with E-state index in [1.165, 1.54) is 17.5 Å². The number of halogens is 1. The van der Waals surface area contributed by atoms with Gasteiger partial charge in [0.25, 0.3) is 0 Å². The van der Waals surface area contributed by atoms with Crippen LogP contribution >= 0.6 is 15.9 Å². The zero-order chi connectivity index (χ0) is 14.8. The number of aryl methyl sites for hydroxylation is 2. The zero-order valence-electron chi connectivity index (χ0n) is 12.0. The zero-order valence-corrected chi connectivity index (χ0v) is 13.6. The number of rotatable bonds is 4. The maximum Gasteiger partial charge on any atom is 0.196 e. The molecule has 2 aromatic carbocycles. The van der Waals surface area contributed by atoms with Gasteiger partial charge in [-0.15, -0.1) is 0 Å². The first kappa shape index (κ1) is 14.3. The highest BCUT2D eigenvalue weighted by Crippen LogP contribution is 2.28. The van der Waals surface area contributed by atoms with E-state index in [9.17, 15) is 4.79 Å². The van der Waals surface area contributed by atoms with Crippen LogP contribution in [-0.4, -0.2) is 12.4 Å².